The van der Waals surface area contributed by atoms with Crippen molar-refractivity contribution in [2.45, 2.75) is 24.5 Å². The van der Waals surface area contributed by atoms with Gasteiger partial charge in [-0.05, 0) is 53.1 Å². The Bertz CT molecular complexity index is 414. The number of halogens is 1. The standard InChI is InChI=1S/C13H20BrN3S2/c1-15-13(17-9-11-3-2-8-18-11)16-7-6-10-4-5-12(14)19-10/h4-5,11H,2-3,6-9H2,1H3,(H2,15,16,17). The first kappa shape index (κ1) is 15.2. The fraction of sp³-hybridized carbons (Fsp3) is 0.615. The molecule has 6 heteroatoms. The summed E-state index contributed by atoms with van der Waals surface area (Å²) in [5, 5.41) is 7.54. The molecule has 0 bridgehead atoms. The van der Waals surface area contributed by atoms with Crippen LogP contribution < -0.4 is 10.6 Å². The van der Waals surface area contributed by atoms with Gasteiger partial charge in [0.2, 0.25) is 0 Å². The third-order valence-corrected chi connectivity index (χ3v) is 6.12. The van der Waals surface area contributed by atoms with Crippen LogP contribution in [0.1, 0.15) is 17.7 Å². The first-order chi connectivity index (χ1) is 9.28. The van der Waals surface area contributed by atoms with E-state index in [9.17, 15) is 0 Å². The van der Waals surface area contributed by atoms with Gasteiger partial charge in [0.15, 0.2) is 5.96 Å². The molecular formula is C13H20BrN3S2. The smallest absolute Gasteiger partial charge is 0.191 e. The third kappa shape index (κ3) is 5.36. The Morgan fingerprint density at radius 2 is 2.37 bits per heavy atom. The number of hydrogen-bond donors (Lipinski definition) is 2. The lowest BCUT2D eigenvalue weighted by Gasteiger charge is -2.14. The van der Waals surface area contributed by atoms with Gasteiger partial charge >= 0.3 is 0 Å². The number of rotatable bonds is 5. The van der Waals surface area contributed by atoms with Crippen LogP contribution in [0.5, 0.6) is 0 Å². The Balaban J connectivity index is 1.64. The Kier molecular flexibility index (Phi) is 6.53. The second-order valence-electron chi connectivity index (χ2n) is 4.47. The van der Waals surface area contributed by atoms with Crippen molar-refractivity contribution in [2.24, 2.45) is 4.99 Å². The quantitative estimate of drug-likeness (QED) is 0.624. The molecule has 0 amide bonds. The summed E-state index contributed by atoms with van der Waals surface area (Å²) in [4.78, 5) is 5.65. The van der Waals surface area contributed by atoms with Gasteiger partial charge in [0, 0.05) is 30.3 Å². The Labute approximate surface area is 131 Å². The Hall–Kier alpha value is -0.200. The molecule has 106 valence electrons. The molecule has 19 heavy (non-hydrogen) atoms. The second kappa shape index (κ2) is 8.17. The maximum atomic E-state index is 4.26. The zero-order valence-electron chi connectivity index (χ0n) is 11.1. The number of thioether (sulfide) groups is 1. The molecule has 2 heterocycles. The van der Waals surface area contributed by atoms with Crippen molar-refractivity contribution in [1.29, 1.82) is 0 Å². The number of guanidine groups is 1. The van der Waals surface area contributed by atoms with Crippen LogP contribution in [0.25, 0.3) is 0 Å². The molecule has 1 aromatic rings. The van der Waals surface area contributed by atoms with Gasteiger partial charge in [-0.15, -0.1) is 11.3 Å². The molecule has 0 radical (unpaired) electrons. The molecule has 1 saturated heterocycles. The molecule has 3 nitrogen and oxygen atoms in total. The molecule has 1 aliphatic rings. The molecule has 1 atom stereocenters. The van der Waals surface area contributed by atoms with E-state index < -0.39 is 0 Å². The lowest BCUT2D eigenvalue weighted by molar-refractivity contribution is 0.725. The van der Waals surface area contributed by atoms with Gasteiger partial charge in [-0.3, -0.25) is 4.99 Å². The van der Waals surface area contributed by atoms with E-state index in [-0.39, 0.29) is 0 Å². The van der Waals surface area contributed by atoms with Crippen LogP contribution in [0, 0.1) is 0 Å². The number of nitrogens with one attached hydrogen (secondary N) is 2. The molecule has 2 N–H and O–H groups in total. The van der Waals surface area contributed by atoms with E-state index in [4.69, 9.17) is 0 Å². The minimum Gasteiger partial charge on any atom is -0.356 e. The summed E-state index contributed by atoms with van der Waals surface area (Å²) in [5.41, 5.74) is 0. The molecule has 1 aliphatic heterocycles. The molecule has 0 spiro atoms. The fourth-order valence-corrected chi connectivity index (χ4v) is 4.71. The Morgan fingerprint density at radius 3 is 3.00 bits per heavy atom. The van der Waals surface area contributed by atoms with E-state index >= 15 is 0 Å². The first-order valence-electron chi connectivity index (χ1n) is 6.58. The van der Waals surface area contributed by atoms with Crippen LogP contribution in [-0.2, 0) is 6.42 Å². The van der Waals surface area contributed by atoms with Crippen molar-refractivity contribution in [3.8, 4) is 0 Å². The van der Waals surface area contributed by atoms with Crippen molar-refractivity contribution in [3.63, 3.8) is 0 Å². The molecule has 1 unspecified atom stereocenters. The first-order valence-corrected chi connectivity index (χ1v) is 9.24. The second-order valence-corrected chi connectivity index (χ2v) is 8.43. The summed E-state index contributed by atoms with van der Waals surface area (Å²) in [6, 6.07) is 4.27. The van der Waals surface area contributed by atoms with E-state index in [1.54, 1.807) is 11.3 Å². The third-order valence-electron chi connectivity index (χ3n) is 3.04. The maximum Gasteiger partial charge on any atom is 0.191 e. The number of hydrogen-bond acceptors (Lipinski definition) is 3. The summed E-state index contributed by atoms with van der Waals surface area (Å²) in [6.45, 7) is 1.94. The zero-order valence-corrected chi connectivity index (χ0v) is 14.3. The summed E-state index contributed by atoms with van der Waals surface area (Å²) in [6.07, 6.45) is 3.73. The minimum atomic E-state index is 0.756. The highest BCUT2D eigenvalue weighted by molar-refractivity contribution is 9.11. The monoisotopic (exact) mass is 361 g/mol. The summed E-state index contributed by atoms with van der Waals surface area (Å²) in [5.74, 6) is 2.23. The summed E-state index contributed by atoms with van der Waals surface area (Å²) in [7, 11) is 1.83. The normalized spacial score (nSPS) is 19.7. The van der Waals surface area contributed by atoms with E-state index in [1.165, 1.54) is 27.3 Å². The van der Waals surface area contributed by atoms with Gasteiger partial charge in [0.25, 0.3) is 0 Å². The maximum absolute atomic E-state index is 4.26. The van der Waals surface area contributed by atoms with Gasteiger partial charge < -0.3 is 10.6 Å². The zero-order chi connectivity index (χ0) is 13.5. The van der Waals surface area contributed by atoms with Gasteiger partial charge in [-0.1, -0.05) is 0 Å². The topological polar surface area (TPSA) is 36.4 Å². The van der Waals surface area contributed by atoms with Crippen LogP contribution in [0.2, 0.25) is 0 Å². The molecular weight excluding hydrogens is 342 g/mol. The van der Waals surface area contributed by atoms with Crippen LogP contribution >= 0.6 is 39.0 Å². The van der Waals surface area contributed by atoms with E-state index in [0.717, 1.165) is 30.7 Å². The fourth-order valence-electron chi connectivity index (χ4n) is 2.03. The van der Waals surface area contributed by atoms with Crippen LogP contribution in [0.4, 0.5) is 0 Å². The number of aliphatic imine (C=N–C) groups is 1. The highest BCUT2D eigenvalue weighted by Gasteiger charge is 2.15. The number of nitrogens with zero attached hydrogens (tertiary/aromatic N) is 1. The van der Waals surface area contributed by atoms with Crippen LogP contribution in [0.3, 0.4) is 0 Å². The lowest BCUT2D eigenvalue weighted by atomic mass is 10.2. The molecule has 2 rings (SSSR count). The van der Waals surface area contributed by atoms with E-state index in [2.05, 4.69) is 55.5 Å². The molecule has 1 fully saturated rings. The summed E-state index contributed by atoms with van der Waals surface area (Å²) < 4.78 is 1.20. The van der Waals surface area contributed by atoms with Crippen molar-refractivity contribution >= 4 is 45.0 Å². The average Bonchev–Trinajstić information content (AvgIpc) is 3.05. The van der Waals surface area contributed by atoms with Crippen molar-refractivity contribution in [2.75, 3.05) is 25.9 Å². The highest BCUT2D eigenvalue weighted by Crippen LogP contribution is 2.25. The van der Waals surface area contributed by atoms with Crippen LogP contribution in [0.15, 0.2) is 20.9 Å². The largest absolute Gasteiger partial charge is 0.356 e. The SMILES string of the molecule is CN=C(NCCc1ccc(Br)s1)NCC1CCCS1. The van der Waals surface area contributed by atoms with Crippen LogP contribution in [-0.4, -0.2) is 37.1 Å². The summed E-state index contributed by atoms with van der Waals surface area (Å²) >= 11 is 7.35. The van der Waals surface area contributed by atoms with Gasteiger partial charge in [-0.25, -0.2) is 0 Å². The number of thiophene rings is 1. The molecule has 0 aliphatic carbocycles. The van der Waals surface area contributed by atoms with Crippen molar-refractivity contribution in [3.05, 3.63) is 20.8 Å². The van der Waals surface area contributed by atoms with E-state index in [1.807, 2.05) is 7.05 Å². The molecule has 0 aromatic carbocycles. The van der Waals surface area contributed by atoms with E-state index in [0.29, 0.717) is 0 Å². The van der Waals surface area contributed by atoms with Crippen molar-refractivity contribution < 1.29 is 0 Å². The van der Waals surface area contributed by atoms with Crippen molar-refractivity contribution in [1.82, 2.24) is 10.6 Å². The van der Waals surface area contributed by atoms with Gasteiger partial charge in [0.1, 0.15) is 0 Å². The predicted octanol–water partition coefficient (Wildman–Crippen LogP) is 3.11. The highest BCUT2D eigenvalue weighted by atomic mass is 79.9. The predicted molar refractivity (Wildman–Crippen MR) is 90.6 cm³/mol. The lowest BCUT2D eigenvalue weighted by Crippen LogP contribution is -2.40. The minimum absolute atomic E-state index is 0.756. The van der Waals surface area contributed by atoms with Gasteiger partial charge in [-0.2, -0.15) is 11.8 Å². The average molecular weight is 362 g/mol. The molecule has 1 aromatic heterocycles. The Morgan fingerprint density at radius 1 is 1.47 bits per heavy atom. The molecule has 0 saturated carbocycles. The van der Waals surface area contributed by atoms with Gasteiger partial charge in [0.05, 0.1) is 3.79 Å².